The summed E-state index contributed by atoms with van der Waals surface area (Å²) < 4.78 is 35.7. The summed E-state index contributed by atoms with van der Waals surface area (Å²) in [5.74, 6) is 0.518. The van der Waals surface area contributed by atoms with Crippen LogP contribution in [0.2, 0.25) is 0 Å². The van der Waals surface area contributed by atoms with E-state index in [-0.39, 0.29) is 20.5 Å². The molecule has 0 aliphatic carbocycles. The van der Waals surface area contributed by atoms with Crippen molar-refractivity contribution in [1.82, 2.24) is 4.08 Å². The fourth-order valence-electron chi connectivity index (χ4n) is 4.87. The zero-order valence-electron chi connectivity index (χ0n) is 22.5. The van der Waals surface area contributed by atoms with Crippen LogP contribution in [0.5, 0.6) is 0 Å². The van der Waals surface area contributed by atoms with Gasteiger partial charge in [-0.2, -0.15) is 4.08 Å². The van der Waals surface area contributed by atoms with Gasteiger partial charge in [0.25, 0.3) is 0 Å². The number of carbonyl (C=O) groups is 1. The van der Waals surface area contributed by atoms with Crippen molar-refractivity contribution in [2.24, 2.45) is 0 Å². The Hall–Kier alpha value is -1.25. The summed E-state index contributed by atoms with van der Waals surface area (Å²) in [6.07, 6.45) is 5.54. The minimum atomic E-state index is -3.76. The molecule has 2 aromatic carbocycles. The van der Waals surface area contributed by atoms with Gasteiger partial charge < -0.3 is 9.64 Å². The number of esters is 1. The highest BCUT2D eigenvalue weighted by Crippen LogP contribution is 2.49. The Balaban J connectivity index is 2.20. The lowest BCUT2D eigenvalue weighted by Crippen LogP contribution is -2.51. The molecule has 2 unspecified atom stereocenters. The van der Waals surface area contributed by atoms with E-state index in [4.69, 9.17) is 4.74 Å². The number of hydrogen-bond donors (Lipinski definition) is 0. The van der Waals surface area contributed by atoms with Crippen molar-refractivity contribution in [2.45, 2.75) is 67.5 Å². The third-order valence-electron chi connectivity index (χ3n) is 6.76. The van der Waals surface area contributed by atoms with E-state index >= 15 is 0 Å². The number of hydrogen-bond acceptors (Lipinski definition) is 7. The van der Waals surface area contributed by atoms with E-state index < -0.39 is 15.6 Å². The van der Waals surface area contributed by atoms with Gasteiger partial charge in [-0.25, -0.2) is 8.42 Å². The maximum atomic E-state index is 14.4. The molecule has 3 rings (SSSR count). The number of rotatable bonds is 12. The second kappa shape index (κ2) is 13.7. The molecular weight excluding hydrogens is 543 g/mol. The van der Waals surface area contributed by atoms with E-state index in [2.05, 4.69) is 30.9 Å². The van der Waals surface area contributed by atoms with E-state index in [9.17, 15) is 13.2 Å². The number of nitrogens with zero attached hydrogens (tertiary/aromatic N) is 2. The minimum Gasteiger partial charge on any atom is -0.465 e. The van der Waals surface area contributed by atoms with Gasteiger partial charge in [-0.1, -0.05) is 44.9 Å². The van der Waals surface area contributed by atoms with Crippen LogP contribution >= 0.6 is 32.3 Å². The fourth-order valence-corrected chi connectivity index (χ4v) is 10.2. The Kier molecular flexibility index (Phi) is 11.2. The summed E-state index contributed by atoms with van der Waals surface area (Å²) in [4.78, 5) is 15.5. The molecule has 0 fully saturated rings. The van der Waals surface area contributed by atoms with E-state index in [1.807, 2.05) is 43.3 Å². The number of thioether (sulfide) groups is 2. The van der Waals surface area contributed by atoms with Gasteiger partial charge in [-0.05, 0) is 71.2 Å². The third-order valence-corrected chi connectivity index (χ3v) is 12.4. The number of benzene rings is 2. The molecule has 204 valence electrons. The number of fused-ring (bicyclic) bond motifs is 1. The van der Waals surface area contributed by atoms with Gasteiger partial charge in [0.05, 0.1) is 23.6 Å². The monoisotopic (exact) mass is 582 g/mol. The Morgan fingerprint density at radius 2 is 1.89 bits per heavy atom. The average molecular weight is 583 g/mol. The molecule has 1 heterocycles. The van der Waals surface area contributed by atoms with Gasteiger partial charge in [-0.3, -0.25) is 4.79 Å². The topological polar surface area (TPSA) is 66.9 Å². The van der Waals surface area contributed by atoms with Gasteiger partial charge in [0, 0.05) is 22.9 Å². The van der Waals surface area contributed by atoms with Crippen LogP contribution in [0.4, 0.5) is 11.4 Å². The van der Waals surface area contributed by atoms with Gasteiger partial charge in [0.15, 0.2) is 0 Å². The number of para-hydroxylation sites is 1. The lowest BCUT2D eigenvalue weighted by atomic mass is 9.89. The van der Waals surface area contributed by atoms with E-state index in [0.717, 1.165) is 47.5 Å². The fraction of sp³-hybridized carbons (Fsp3) is 0.519. The predicted octanol–water partition coefficient (Wildman–Crippen LogP) is 6.91. The second-order valence-electron chi connectivity index (χ2n) is 9.03. The van der Waals surface area contributed by atoms with Crippen LogP contribution in [0.25, 0.3) is 0 Å². The molecule has 0 spiro atoms. The Morgan fingerprint density at radius 1 is 1.16 bits per heavy atom. The Morgan fingerprint density at radius 3 is 2.49 bits per heavy atom. The molecule has 0 radical (unpaired) electrons. The van der Waals surface area contributed by atoms with Crippen LogP contribution in [0.1, 0.15) is 52.0 Å². The number of anilines is 2. The number of unbranched alkanes of at least 4 members (excludes halogenated alkanes) is 1. The number of sulfonamides is 1. The van der Waals surface area contributed by atoms with Gasteiger partial charge in [0.1, 0.15) is 4.90 Å². The van der Waals surface area contributed by atoms with E-state index in [1.54, 1.807) is 22.8 Å². The summed E-state index contributed by atoms with van der Waals surface area (Å²) in [5, 5.41) is 0. The lowest BCUT2D eigenvalue weighted by molar-refractivity contribution is -0.139. The zero-order valence-corrected chi connectivity index (χ0v) is 25.9. The molecule has 1 aliphatic rings. The lowest BCUT2D eigenvalue weighted by Gasteiger charge is -2.42. The molecule has 37 heavy (non-hydrogen) atoms. The predicted molar refractivity (Wildman–Crippen MR) is 160 cm³/mol. The Labute approximate surface area is 233 Å². The van der Waals surface area contributed by atoms with Gasteiger partial charge in [-0.15, -0.1) is 23.5 Å². The van der Waals surface area contributed by atoms with Crippen LogP contribution in [-0.4, -0.2) is 55.8 Å². The van der Waals surface area contributed by atoms with Crippen molar-refractivity contribution in [3.8, 4) is 0 Å². The minimum absolute atomic E-state index is 0.121. The molecule has 0 N–H and O–H groups in total. The molecule has 2 atom stereocenters. The normalized spacial score (nSPS) is 19.6. The summed E-state index contributed by atoms with van der Waals surface area (Å²) in [6.45, 7) is 8.99. The molecule has 0 aromatic heterocycles. The van der Waals surface area contributed by atoms with Crippen LogP contribution in [0, 0.1) is 0 Å². The maximum absolute atomic E-state index is 14.4. The molecule has 0 saturated carbocycles. The van der Waals surface area contributed by atoms with E-state index in [0.29, 0.717) is 23.8 Å². The first-order valence-corrected chi connectivity index (χ1v) is 18.0. The molecule has 2 aromatic rings. The quantitative estimate of drug-likeness (QED) is 0.153. The summed E-state index contributed by atoms with van der Waals surface area (Å²) in [5.41, 5.74) is 2.14. The van der Waals surface area contributed by atoms with Gasteiger partial charge >= 0.3 is 5.97 Å². The molecule has 0 saturated heterocycles. The third kappa shape index (κ3) is 6.67. The van der Waals surface area contributed by atoms with Crippen LogP contribution in [0.3, 0.4) is 0 Å². The van der Waals surface area contributed by atoms with Crippen molar-refractivity contribution in [2.75, 3.05) is 36.7 Å². The number of ether oxygens (including phenoxy) is 1. The molecule has 0 amide bonds. The first kappa shape index (κ1) is 30.3. The number of carbonyl (C=O) groups excluding carboxylic acids is 1. The molecular formula is C27H39N2O4PS3. The molecule has 6 nitrogen and oxygen atoms in total. The average Bonchev–Trinajstić information content (AvgIpc) is 2.98. The molecule has 1 aliphatic heterocycles. The SMILES string of the molecule is CCCCC1(CC)CN(c2ccccc2)c2cc(SC)c(CSCC(=O)OCC)cc2S(=O)(=O)N1PC. The largest absolute Gasteiger partial charge is 0.465 e. The highest BCUT2D eigenvalue weighted by molar-refractivity contribution is 7.99. The summed E-state index contributed by atoms with van der Waals surface area (Å²) >= 11 is 3.06. The van der Waals surface area contributed by atoms with Crippen molar-refractivity contribution >= 4 is 59.6 Å². The van der Waals surface area contributed by atoms with Crippen molar-refractivity contribution in [3.63, 3.8) is 0 Å². The summed E-state index contributed by atoms with van der Waals surface area (Å²) in [6, 6.07) is 14.0. The molecule has 10 heteroatoms. The van der Waals surface area contributed by atoms with Gasteiger partial charge in [0.2, 0.25) is 10.0 Å². The smallest absolute Gasteiger partial charge is 0.315 e. The van der Waals surface area contributed by atoms with Crippen molar-refractivity contribution in [1.29, 1.82) is 0 Å². The standard InChI is InChI=1S/C27H39N2O4PS3/c1-6-9-15-27(7-2)20-28(22-13-11-10-12-14-22)23-17-24(35-5)21(18-36-19-26(30)33-8-3)16-25(23)37(31,32)29(27)34-4/h10-14,16-17,34H,6-9,15,18-20H2,1-5H3. The maximum Gasteiger partial charge on any atom is 0.315 e. The highest BCUT2D eigenvalue weighted by atomic mass is 32.2. The van der Waals surface area contributed by atoms with Crippen LogP contribution < -0.4 is 4.90 Å². The summed E-state index contributed by atoms with van der Waals surface area (Å²) in [7, 11) is -3.64. The van der Waals surface area contributed by atoms with Crippen LogP contribution in [0.15, 0.2) is 52.3 Å². The van der Waals surface area contributed by atoms with Crippen molar-refractivity contribution in [3.05, 3.63) is 48.0 Å². The highest BCUT2D eigenvalue weighted by Gasteiger charge is 2.47. The van der Waals surface area contributed by atoms with Crippen molar-refractivity contribution < 1.29 is 17.9 Å². The first-order valence-electron chi connectivity index (χ1n) is 12.8. The van der Waals surface area contributed by atoms with E-state index in [1.165, 1.54) is 11.8 Å². The zero-order chi connectivity index (χ0) is 27.1. The molecule has 0 bridgehead atoms. The second-order valence-corrected chi connectivity index (χ2v) is 13.8. The first-order chi connectivity index (χ1) is 17.8. The van der Waals surface area contributed by atoms with Crippen LogP contribution in [-0.2, 0) is 25.3 Å². The Bertz CT molecular complexity index is 1160.